The summed E-state index contributed by atoms with van der Waals surface area (Å²) in [5.74, 6) is -1.37. The average Bonchev–Trinajstić information content (AvgIpc) is 2.78. The van der Waals surface area contributed by atoms with Crippen molar-refractivity contribution in [2.24, 2.45) is 5.92 Å². The second kappa shape index (κ2) is 10.8. The lowest BCUT2D eigenvalue weighted by molar-refractivity contribution is -0.344. The van der Waals surface area contributed by atoms with E-state index in [1.54, 1.807) is 6.92 Å². The average molecular weight is 435 g/mol. The second-order valence-electron chi connectivity index (χ2n) is 7.59. The molecule has 4 unspecified atom stereocenters. The summed E-state index contributed by atoms with van der Waals surface area (Å²) in [6, 6.07) is 8.47. The SMILES string of the molecule is C=CCOC(=O)C(C)CO[C@@H]1OC2COC(c3ccccc3)O[C@@H]2[C@H](O)C1NC(C)=O. The molecule has 7 atom stereocenters. The van der Waals surface area contributed by atoms with Gasteiger partial charge in [-0.1, -0.05) is 43.0 Å². The van der Waals surface area contributed by atoms with Gasteiger partial charge in [-0.05, 0) is 6.92 Å². The fourth-order valence-corrected chi connectivity index (χ4v) is 3.49. The fraction of sp³-hybridized carbons (Fsp3) is 0.545. The molecule has 2 fully saturated rings. The highest BCUT2D eigenvalue weighted by Crippen LogP contribution is 2.34. The highest BCUT2D eigenvalue weighted by atomic mass is 16.7. The number of hydrogen-bond acceptors (Lipinski definition) is 8. The zero-order valence-electron chi connectivity index (χ0n) is 17.6. The van der Waals surface area contributed by atoms with Gasteiger partial charge < -0.3 is 34.1 Å². The number of rotatable bonds is 8. The number of aliphatic hydroxyl groups excluding tert-OH is 1. The third kappa shape index (κ3) is 5.90. The van der Waals surface area contributed by atoms with Gasteiger partial charge in [0.1, 0.15) is 31.0 Å². The fourth-order valence-electron chi connectivity index (χ4n) is 3.49. The highest BCUT2D eigenvalue weighted by molar-refractivity contribution is 5.73. The van der Waals surface area contributed by atoms with Crippen LogP contribution in [0.4, 0.5) is 0 Å². The molecule has 2 N–H and O–H groups in total. The minimum Gasteiger partial charge on any atom is -0.461 e. The zero-order chi connectivity index (χ0) is 22.4. The molecule has 31 heavy (non-hydrogen) atoms. The topological polar surface area (TPSA) is 113 Å². The van der Waals surface area contributed by atoms with Crippen LogP contribution in [0.5, 0.6) is 0 Å². The minimum absolute atomic E-state index is 0.0187. The molecular weight excluding hydrogens is 406 g/mol. The minimum atomic E-state index is -1.11. The van der Waals surface area contributed by atoms with Crippen molar-refractivity contribution in [3.63, 3.8) is 0 Å². The van der Waals surface area contributed by atoms with E-state index in [0.29, 0.717) is 0 Å². The van der Waals surface area contributed by atoms with Gasteiger partial charge in [0, 0.05) is 12.5 Å². The summed E-state index contributed by atoms with van der Waals surface area (Å²) in [5.41, 5.74) is 0.814. The van der Waals surface area contributed by atoms with Crippen molar-refractivity contribution in [2.75, 3.05) is 19.8 Å². The molecular formula is C22H29NO8. The molecule has 2 heterocycles. The Morgan fingerprint density at radius 2 is 2.06 bits per heavy atom. The van der Waals surface area contributed by atoms with Gasteiger partial charge in [0.15, 0.2) is 12.6 Å². The van der Waals surface area contributed by atoms with E-state index >= 15 is 0 Å². The Balaban J connectivity index is 1.66. The molecule has 2 saturated heterocycles. The maximum atomic E-state index is 11.9. The van der Waals surface area contributed by atoms with Crippen LogP contribution in [0.1, 0.15) is 25.7 Å². The van der Waals surface area contributed by atoms with Crippen LogP contribution in [0.2, 0.25) is 0 Å². The molecule has 3 rings (SSSR count). The number of benzene rings is 1. The van der Waals surface area contributed by atoms with Crippen LogP contribution < -0.4 is 5.32 Å². The van der Waals surface area contributed by atoms with E-state index in [0.717, 1.165) is 5.56 Å². The molecule has 0 saturated carbocycles. The number of aliphatic hydroxyl groups is 1. The monoisotopic (exact) mass is 435 g/mol. The van der Waals surface area contributed by atoms with Gasteiger partial charge in [-0.3, -0.25) is 9.59 Å². The van der Waals surface area contributed by atoms with E-state index in [4.69, 9.17) is 23.7 Å². The normalized spacial score (nSPS) is 31.2. The lowest BCUT2D eigenvalue weighted by Gasteiger charge is -2.47. The number of amides is 1. The molecule has 0 radical (unpaired) electrons. The Labute approximate surface area is 181 Å². The predicted octanol–water partition coefficient (Wildman–Crippen LogP) is 1.07. The molecule has 0 aliphatic carbocycles. The van der Waals surface area contributed by atoms with E-state index in [1.165, 1.54) is 13.0 Å². The molecule has 9 heteroatoms. The predicted molar refractivity (Wildman–Crippen MR) is 109 cm³/mol. The summed E-state index contributed by atoms with van der Waals surface area (Å²) in [7, 11) is 0. The zero-order valence-corrected chi connectivity index (χ0v) is 17.6. The third-order valence-corrected chi connectivity index (χ3v) is 5.06. The van der Waals surface area contributed by atoms with Crippen molar-refractivity contribution in [2.45, 2.75) is 50.8 Å². The van der Waals surface area contributed by atoms with Crippen molar-refractivity contribution in [3.8, 4) is 0 Å². The van der Waals surface area contributed by atoms with Crippen molar-refractivity contribution < 1.29 is 38.4 Å². The van der Waals surface area contributed by atoms with Crippen LogP contribution in [0.3, 0.4) is 0 Å². The van der Waals surface area contributed by atoms with Gasteiger partial charge in [0.2, 0.25) is 5.91 Å². The standard InChI is InChI=1S/C22H29NO8/c1-4-10-27-20(26)13(2)11-28-22-17(23-14(3)24)18(25)19-16(30-22)12-29-21(31-19)15-8-6-5-7-9-15/h4-9,13,16-19,21-22,25H,1,10-12H2,2-3H3,(H,23,24)/t13?,16?,17?,18-,19+,21?,22-/m1/s1. The summed E-state index contributed by atoms with van der Waals surface area (Å²) in [5, 5.41) is 13.6. The van der Waals surface area contributed by atoms with Crippen LogP contribution in [0.15, 0.2) is 43.0 Å². The number of carbonyl (C=O) groups excluding carboxylic acids is 2. The number of carbonyl (C=O) groups is 2. The van der Waals surface area contributed by atoms with Crippen molar-refractivity contribution in [3.05, 3.63) is 48.6 Å². The summed E-state index contributed by atoms with van der Waals surface area (Å²) in [6.07, 6.45) is -2.61. The lowest BCUT2D eigenvalue weighted by Crippen LogP contribution is -2.66. The van der Waals surface area contributed by atoms with E-state index in [2.05, 4.69) is 11.9 Å². The molecule has 2 aliphatic rings. The number of hydrogen-bond donors (Lipinski definition) is 2. The molecule has 2 aliphatic heterocycles. The Morgan fingerprint density at radius 1 is 1.32 bits per heavy atom. The molecule has 0 aromatic heterocycles. The first-order valence-electron chi connectivity index (χ1n) is 10.2. The summed E-state index contributed by atoms with van der Waals surface area (Å²) in [6.45, 7) is 6.75. The van der Waals surface area contributed by atoms with E-state index in [9.17, 15) is 14.7 Å². The second-order valence-corrected chi connectivity index (χ2v) is 7.59. The largest absolute Gasteiger partial charge is 0.461 e. The number of fused-ring (bicyclic) bond motifs is 1. The van der Waals surface area contributed by atoms with Crippen molar-refractivity contribution in [1.29, 1.82) is 0 Å². The molecule has 1 aromatic carbocycles. The van der Waals surface area contributed by atoms with E-state index in [-0.39, 0.29) is 25.7 Å². The van der Waals surface area contributed by atoms with Crippen LogP contribution in [0, 0.1) is 5.92 Å². The molecule has 9 nitrogen and oxygen atoms in total. The Hall–Kier alpha value is -2.30. The number of esters is 1. The first kappa shape index (κ1) is 23.4. The highest BCUT2D eigenvalue weighted by Gasteiger charge is 2.50. The molecule has 0 bridgehead atoms. The van der Waals surface area contributed by atoms with E-state index < -0.39 is 48.8 Å². The van der Waals surface area contributed by atoms with Crippen molar-refractivity contribution in [1.82, 2.24) is 5.32 Å². The summed E-state index contributed by atoms with van der Waals surface area (Å²) in [4.78, 5) is 23.7. The number of nitrogens with one attached hydrogen (secondary N) is 1. The van der Waals surface area contributed by atoms with Gasteiger partial charge in [-0.25, -0.2) is 0 Å². The van der Waals surface area contributed by atoms with Crippen LogP contribution in [0.25, 0.3) is 0 Å². The van der Waals surface area contributed by atoms with Gasteiger partial charge in [-0.2, -0.15) is 0 Å². The molecule has 0 spiro atoms. The van der Waals surface area contributed by atoms with Gasteiger partial charge >= 0.3 is 5.97 Å². The molecule has 170 valence electrons. The van der Waals surface area contributed by atoms with E-state index in [1.807, 2.05) is 30.3 Å². The van der Waals surface area contributed by atoms with Crippen LogP contribution in [-0.2, 0) is 33.3 Å². The smallest absolute Gasteiger partial charge is 0.311 e. The Morgan fingerprint density at radius 3 is 2.74 bits per heavy atom. The lowest BCUT2D eigenvalue weighted by atomic mass is 9.95. The van der Waals surface area contributed by atoms with Crippen LogP contribution >= 0.6 is 0 Å². The Kier molecular flexibility index (Phi) is 8.16. The first-order valence-corrected chi connectivity index (χ1v) is 10.2. The summed E-state index contributed by atoms with van der Waals surface area (Å²) >= 11 is 0. The quantitative estimate of drug-likeness (QED) is 0.461. The maximum absolute atomic E-state index is 11.9. The van der Waals surface area contributed by atoms with Gasteiger partial charge in [0.25, 0.3) is 0 Å². The first-order chi connectivity index (χ1) is 14.9. The number of ether oxygens (including phenoxy) is 5. The van der Waals surface area contributed by atoms with Crippen molar-refractivity contribution >= 4 is 11.9 Å². The summed E-state index contributed by atoms with van der Waals surface area (Å²) < 4.78 is 28.5. The third-order valence-electron chi connectivity index (χ3n) is 5.06. The Bertz CT molecular complexity index is 757. The van der Waals surface area contributed by atoms with Crippen LogP contribution in [-0.4, -0.2) is 67.4 Å². The van der Waals surface area contributed by atoms with Gasteiger partial charge in [-0.15, -0.1) is 0 Å². The van der Waals surface area contributed by atoms with Gasteiger partial charge in [0.05, 0.1) is 19.1 Å². The molecule has 1 amide bonds. The molecule has 1 aromatic rings. The maximum Gasteiger partial charge on any atom is 0.311 e.